The van der Waals surface area contributed by atoms with E-state index in [1.165, 1.54) is 0 Å². The largest absolute Gasteiger partial charge is 0.369 e. The maximum atomic E-state index is 11.6. The first-order chi connectivity index (χ1) is 10.4. The van der Waals surface area contributed by atoms with E-state index < -0.39 is 5.41 Å². The van der Waals surface area contributed by atoms with Gasteiger partial charge in [-0.2, -0.15) is 5.10 Å². The van der Waals surface area contributed by atoms with E-state index in [4.69, 9.17) is 17.3 Å². The number of rotatable bonds is 6. The second-order valence-corrected chi connectivity index (χ2v) is 6.37. The summed E-state index contributed by atoms with van der Waals surface area (Å²) in [6.45, 7) is 5.82. The molecule has 1 aromatic carbocycles. The highest BCUT2D eigenvalue weighted by Crippen LogP contribution is 2.31. The molecule has 0 saturated heterocycles. The van der Waals surface area contributed by atoms with E-state index in [2.05, 4.69) is 15.2 Å². The van der Waals surface area contributed by atoms with Gasteiger partial charge >= 0.3 is 0 Å². The number of nitrogens with two attached hydrogens (primary N) is 1. The lowest BCUT2D eigenvalue weighted by atomic mass is 9.76. The van der Waals surface area contributed by atoms with Crippen molar-refractivity contribution in [3.63, 3.8) is 0 Å². The van der Waals surface area contributed by atoms with Gasteiger partial charge in [0.2, 0.25) is 5.91 Å². The molecule has 1 heterocycles. The Morgan fingerprint density at radius 3 is 2.68 bits per heavy atom. The van der Waals surface area contributed by atoms with E-state index in [1.807, 2.05) is 45.0 Å². The Balaban J connectivity index is 2.24. The van der Waals surface area contributed by atoms with Crippen LogP contribution >= 0.6 is 11.6 Å². The number of H-pyrrole nitrogens is 1. The average Bonchev–Trinajstić information content (AvgIpc) is 2.91. The maximum absolute atomic E-state index is 11.6. The predicted molar refractivity (Wildman–Crippen MR) is 86.6 cm³/mol. The van der Waals surface area contributed by atoms with E-state index in [9.17, 15) is 4.79 Å². The number of aromatic nitrogens is 3. The summed E-state index contributed by atoms with van der Waals surface area (Å²) in [6.07, 6.45) is 1.22. The van der Waals surface area contributed by atoms with Crippen LogP contribution < -0.4 is 5.73 Å². The highest BCUT2D eigenvalue weighted by atomic mass is 35.5. The quantitative estimate of drug-likeness (QED) is 0.858. The lowest BCUT2D eigenvalue weighted by Crippen LogP contribution is -2.39. The van der Waals surface area contributed by atoms with Crippen molar-refractivity contribution in [1.29, 1.82) is 0 Å². The smallest absolute Gasteiger partial charge is 0.221 e. The number of nitrogens with one attached hydrogen (secondary N) is 1. The Morgan fingerprint density at radius 1 is 1.41 bits per heavy atom. The van der Waals surface area contributed by atoms with Gasteiger partial charge in [-0.05, 0) is 18.1 Å². The van der Waals surface area contributed by atoms with Crippen molar-refractivity contribution in [3.05, 3.63) is 46.5 Å². The van der Waals surface area contributed by atoms with Gasteiger partial charge in [-0.15, -0.1) is 0 Å². The summed E-state index contributed by atoms with van der Waals surface area (Å²) in [5.74, 6) is 0.678. The van der Waals surface area contributed by atoms with Gasteiger partial charge in [0.1, 0.15) is 5.82 Å². The third-order valence-electron chi connectivity index (χ3n) is 4.05. The minimum Gasteiger partial charge on any atom is -0.369 e. The van der Waals surface area contributed by atoms with E-state index >= 15 is 0 Å². The van der Waals surface area contributed by atoms with E-state index in [1.54, 1.807) is 0 Å². The SMILES string of the molecule is CCC(C(N)=O)C(C)(C)c1n[nH]c(Cc2ccccc2Cl)n1. The van der Waals surface area contributed by atoms with Gasteiger partial charge in [0.25, 0.3) is 0 Å². The molecule has 0 bridgehead atoms. The summed E-state index contributed by atoms with van der Waals surface area (Å²) in [5.41, 5.74) is 5.96. The standard InChI is InChI=1S/C16H21ClN4O/c1-4-11(14(18)22)16(2,3)15-19-13(20-21-15)9-10-7-5-6-8-12(10)17/h5-8,11H,4,9H2,1-3H3,(H2,18,22)(H,19,20,21). The molecule has 2 aromatic rings. The highest BCUT2D eigenvalue weighted by molar-refractivity contribution is 6.31. The minimum atomic E-state index is -0.518. The summed E-state index contributed by atoms with van der Waals surface area (Å²) in [6, 6.07) is 7.62. The molecule has 0 spiro atoms. The molecule has 22 heavy (non-hydrogen) atoms. The Morgan fingerprint density at radius 2 is 2.09 bits per heavy atom. The molecule has 6 heteroatoms. The Kier molecular flexibility index (Phi) is 4.86. The summed E-state index contributed by atoms with van der Waals surface area (Å²) in [5, 5.41) is 7.91. The van der Waals surface area contributed by atoms with Gasteiger partial charge < -0.3 is 5.73 Å². The zero-order valence-electron chi connectivity index (χ0n) is 13.1. The fourth-order valence-corrected chi connectivity index (χ4v) is 2.91. The van der Waals surface area contributed by atoms with Crippen LogP contribution in [0.25, 0.3) is 0 Å². The van der Waals surface area contributed by atoms with E-state index in [0.717, 1.165) is 11.4 Å². The van der Waals surface area contributed by atoms with Crippen LogP contribution in [0.5, 0.6) is 0 Å². The van der Waals surface area contributed by atoms with E-state index in [0.29, 0.717) is 23.7 Å². The summed E-state index contributed by atoms with van der Waals surface area (Å²) < 4.78 is 0. The fraction of sp³-hybridized carbons (Fsp3) is 0.438. The fourth-order valence-electron chi connectivity index (χ4n) is 2.71. The maximum Gasteiger partial charge on any atom is 0.221 e. The Hall–Kier alpha value is -1.88. The molecular weight excluding hydrogens is 300 g/mol. The molecule has 1 atom stereocenters. The topological polar surface area (TPSA) is 84.7 Å². The van der Waals surface area contributed by atoms with Crippen LogP contribution in [0.2, 0.25) is 5.02 Å². The first kappa shape index (κ1) is 16.5. The van der Waals surface area contributed by atoms with Gasteiger partial charge in [-0.1, -0.05) is 50.6 Å². The van der Waals surface area contributed by atoms with Crippen molar-refractivity contribution < 1.29 is 4.79 Å². The van der Waals surface area contributed by atoms with Crippen molar-refractivity contribution >= 4 is 17.5 Å². The number of aromatic amines is 1. The molecular formula is C16H21ClN4O. The van der Waals surface area contributed by atoms with Crippen LogP contribution in [0.4, 0.5) is 0 Å². The molecule has 0 aliphatic rings. The van der Waals surface area contributed by atoms with Crippen molar-refractivity contribution in [2.75, 3.05) is 0 Å². The minimum absolute atomic E-state index is 0.309. The Bertz CT molecular complexity index is 666. The number of carbonyl (C=O) groups is 1. The number of halogens is 1. The number of hydrogen-bond donors (Lipinski definition) is 2. The number of carbonyl (C=O) groups excluding carboxylic acids is 1. The molecule has 3 N–H and O–H groups in total. The van der Waals surface area contributed by atoms with Gasteiger partial charge in [0.05, 0.1) is 0 Å². The van der Waals surface area contributed by atoms with Gasteiger partial charge in [0, 0.05) is 22.8 Å². The third-order valence-corrected chi connectivity index (χ3v) is 4.42. The molecule has 0 saturated carbocycles. The molecule has 1 aromatic heterocycles. The van der Waals surface area contributed by atoms with Crippen LogP contribution in [0, 0.1) is 5.92 Å². The van der Waals surface area contributed by atoms with Crippen LogP contribution in [-0.4, -0.2) is 21.1 Å². The van der Waals surface area contributed by atoms with Crippen LogP contribution in [0.1, 0.15) is 44.4 Å². The third kappa shape index (κ3) is 3.30. The monoisotopic (exact) mass is 320 g/mol. The number of primary amides is 1. The molecule has 1 unspecified atom stereocenters. The number of hydrogen-bond acceptors (Lipinski definition) is 3. The summed E-state index contributed by atoms with van der Waals surface area (Å²) in [7, 11) is 0. The molecule has 0 radical (unpaired) electrons. The van der Waals surface area contributed by atoms with Crippen LogP contribution in [-0.2, 0) is 16.6 Å². The van der Waals surface area contributed by atoms with Gasteiger partial charge in [-0.3, -0.25) is 9.89 Å². The average molecular weight is 321 g/mol. The molecule has 5 nitrogen and oxygen atoms in total. The lowest BCUT2D eigenvalue weighted by Gasteiger charge is -2.28. The van der Waals surface area contributed by atoms with Crippen LogP contribution in [0.3, 0.4) is 0 Å². The first-order valence-corrected chi connectivity index (χ1v) is 7.68. The van der Waals surface area contributed by atoms with Crippen molar-refractivity contribution in [2.45, 2.75) is 39.0 Å². The van der Waals surface area contributed by atoms with Crippen molar-refractivity contribution in [1.82, 2.24) is 15.2 Å². The Labute approximate surface area is 135 Å². The van der Waals surface area contributed by atoms with Crippen molar-refractivity contribution in [2.24, 2.45) is 11.7 Å². The molecule has 0 fully saturated rings. The molecule has 2 rings (SSSR count). The summed E-state index contributed by atoms with van der Waals surface area (Å²) in [4.78, 5) is 16.2. The predicted octanol–water partition coefficient (Wildman–Crippen LogP) is 2.84. The molecule has 0 aliphatic heterocycles. The normalized spacial score (nSPS) is 13.1. The number of amides is 1. The molecule has 118 valence electrons. The number of nitrogens with zero attached hydrogens (tertiary/aromatic N) is 2. The zero-order chi connectivity index (χ0) is 16.3. The van der Waals surface area contributed by atoms with E-state index in [-0.39, 0.29) is 11.8 Å². The number of benzene rings is 1. The lowest BCUT2D eigenvalue weighted by molar-refractivity contribution is -0.123. The van der Waals surface area contributed by atoms with Gasteiger partial charge in [-0.25, -0.2) is 4.98 Å². The molecule has 1 amide bonds. The van der Waals surface area contributed by atoms with Crippen molar-refractivity contribution in [3.8, 4) is 0 Å². The molecule has 0 aliphatic carbocycles. The highest BCUT2D eigenvalue weighted by Gasteiger charge is 2.37. The van der Waals surface area contributed by atoms with Crippen LogP contribution in [0.15, 0.2) is 24.3 Å². The second-order valence-electron chi connectivity index (χ2n) is 5.96. The second kappa shape index (κ2) is 6.48. The zero-order valence-corrected chi connectivity index (χ0v) is 13.8. The first-order valence-electron chi connectivity index (χ1n) is 7.30. The van der Waals surface area contributed by atoms with Gasteiger partial charge in [0.15, 0.2) is 5.82 Å². The summed E-state index contributed by atoms with van der Waals surface area (Å²) >= 11 is 6.16.